The van der Waals surface area contributed by atoms with Crippen LogP contribution in [0.1, 0.15) is 60.8 Å². The van der Waals surface area contributed by atoms with Gasteiger partial charge >= 0.3 is 0 Å². The summed E-state index contributed by atoms with van der Waals surface area (Å²) in [6, 6.07) is 13.3. The van der Waals surface area contributed by atoms with E-state index in [1.165, 1.54) is 11.1 Å². The molecule has 28 heavy (non-hydrogen) atoms. The lowest BCUT2D eigenvalue weighted by Gasteiger charge is -2.20. The molecule has 0 spiro atoms. The van der Waals surface area contributed by atoms with E-state index < -0.39 is 0 Å². The molecule has 0 bridgehead atoms. The summed E-state index contributed by atoms with van der Waals surface area (Å²) in [6.45, 7) is 12.1. The van der Waals surface area contributed by atoms with Gasteiger partial charge in [-0.05, 0) is 82.5 Å². The van der Waals surface area contributed by atoms with E-state index in [0.29, 0.717) is 5.56 Å². The largest absolute Gasteiger partial charge is 0.376 e. The minimum atomic E-state index is -0.279. The summed E-state index contributed by atoms with van der Waals surface area (Å²) in [7, 11) is 0. The zero-order chi connectivity index (χ0) is 20.9. The van der Waals surface area contributed by atoms with Gasteiger partial charge < -0.3 is 16.0 Å². The molecule has 2 amide bonds. The van der Waals surface area contributed by atoms with Crippen molar-refractivity contribution >= 4 is 17.5 Å². The van der Waals surface area contributed by atoms with Gasteiger partial charge in [-0.2, -0.15) is 0 Å². The second-order valence-corrected chi connectivity index (χ2v) is 8.27. The van der Waals surface area contributed by atoms with E-state index in [0.717, 1.165) is 11.3 Å². The lowest BCUT2D eigenvalue weighted by molar-refractivity contribution is -0.120. The van der Waals surface area contributed by atoms with Crippen LogP contribution < -0.4 is 16.0 Å². The number of benzene rings is 2. The lowest BCUT2D eigenvalue weighted by atomic mass is 10.0. The molecule has 0 heterocycles. The van der Waals surface area contributed by atoms with Crippen LogP contribution in [0.25, 0.3) is 0 Å². The van der Waals surface area contributed by atoms with Crippen molar-refractivity contribution in [3.8, 4) is 0 Å². The van der Waals surface area contributed by atoms with Crippen LogP contribution in [-0.4, -0.2) is 23.9 Å². The van der Waals surface area contributed by atoms with E-state index in [-0.39, 0.29) is 29.9 Å². The summed E-state index contributed by atoms with van der Waals surface area (Å²) < 4.78 is 0. The van der Waals surface area contributed by atoms with Gasteiger partial charge in [-0.3, -0.25) is 9.59 Å². The third kappa shape index (κ3) is 6.41. The number of carbonyl (C=O) groups is 2. The van der Waals surface area contributed by atoms with E-state index >= 15 is 0 Å². The summed E-state index contributed by atoms with van der Waals surface area (Å²) in [5.41, 5.74) is 4.65. The van der Waals surface area contributed by atoms with E-state index in [4.69, 9.17) is 0 Å². The number of hydrogen-bond acceptors (Lipinski definition) is 3. The van der Waals surface area contributed by atoms with E-state index in [2.05, 4.69) is 41.9 Å². The molecule has 150 valence electrons. The zero-order valence-corrected chi connectivity index (χ0v) is 17.6. The Balaban J connectivity index is 1.86. The topological polar surface area (TPSA) is 70.2 Å². The van der Waals surface area contributed by atoms with Gasteiger partial charge in [0.25, 0.3) is 5.91 Å². The minimum absolute atomic E-state index is 0.0583. The van der Waals surface area contributed by atoms with Crippen LogP contribution in [0.15, 0.2) is 42.5 Å². The molecule has 0 aliphatic rings. The molecule has 1 unspecified atom stereocenters. The second-order valence-electron chi connectivity index (χ2n) is 8.27. The van der Waals surface area contributed by atoms with E-state index in [9.17, 15) is 9.59 Å². The highest BCUT2D eigenvalue weighted by Gasteiger charge is 2.15. The van der Waals surface area contributed by atoms with Crippen LogP contribution in [0.4, 0.5) is 5.69 Å². The number of carbonyl (C=O) groups excluding carboxylic acids is 2. The standard InChI is InChI=1S/C23H31N3O2/c1-15-7-8-19(13-16(15)2)17(3)25-21(27)14-24-20-11-9-18(10-12-20)22(28)26-23(4,5)6/h7-13,17,24H,14H2,1-6H3,(H,25,27)(H,26,28). The molecular weight excluding hydrogens is 350 g/mol. The fourth-order valence-corrected chi connectivity index (χ4v) is 2.74. The highest BCUT2D eigenvalue weighted by Crippen LogP contribution is 2.17. The molecule has 0 aliphatic heterocycles. The van der Waals surface area contributed by atoms with Crippen molar-refractivity contribution in [3.05, 3.63) is 64.7 Å². The first kappa shape index (κ1) is 21.5. The number of aryl methyl sites for hydroxylation is 2. The highest BCUT2D eigenvalue weighted by molar-refractivity contribution is 5.95. The molecule has 2 aromatic carbocycles. The number of nitrogens with one attached hydrogen (secondary N) is 3. The first-order valence-electron chi connectivity index (χ1n) is 9.58. The van der Waals surface area contributed by atoms with Crippen LogP contribution in [0, 0.1) is 13.8 Å². The first-order valence-corrected chi connectivity index (χ1v) is 9.58. The fraction of sp³-hybridized carbons (Fsp3) is 0.391. The van der Waals surface area contributed by atoms with Gasteiger partial charge in [0.1, 0.15) is 0 Å². The Hall–Kier alpha value is -2.82. The van der Waals surface area contributed by atoms with Gasteiger partial charge in [-0.25, -0.2) is 0 Å². The molecular formula is C23H31N3O2. The van der Waals surface area contributed by atoms with Crippen LogP contribution in [0.5, 0.6) is 0 Å². The molecule has 5 heteroatoms. The highest BCUT2D eigenvalue weighted by atomic mass is 16.2. The molecule has 0 radical (unpaired) electrons. The summed E-state index contributed by atoms with van der Waals surface area (Å²) in [6.07, 6.45) is 0. The van der Waals surface area contributed by atoms with Gasteiger partial charge in [0.05, 0.1) is 12.6 Å². The summed E-state index contributed by atoms with van der Waals surface area (Å²) >= 11 is 0. The average Bonchev–Trinajstić information content (AvgIpc) is 2.61. The smallest absolute Gasteiger partial charge is 0.251 e. The molecule has 0 saturated heterocycles. The number of amides is 2. The maximum Gasteiger partial charge on any atom is 0.251 e. The van der Waals surface area contributed by atoms with Gasteiger partial charge in [-0.15, -0.1) is 0 Å². The van der Waals surface area contributed by atoms with Gasteiger partial charge in [-0.1, -0.05) is 18.2 Å². The normalized spacial score (nSPS) is 12.2. The third-order valence-electron chi connectivity index (χ3n) is 4.50. The number of hydrogen-bond donors (Lipinski definition) is 3. The maximum atomic E-state index is 12.2. The molecule has 0 aliphatic carbocycles. The van der Waals surface area contributed by atoms with Crippen molar-refractivity contribution in [2.75, 3.05) is 11.9 Å². The Labute approximate surface area is 167 Å². The fourth-order valence-electron chi connectivity index (χ4n) is 2.74. The molecule has 2 rings (SSSR count). The van der Waals surface area contributed by atoms with Crippen LogP contribution in [0.2, 0.25) is 0 Å². The van der Waals surface area contributed by atoms with Crippen molar-refractivity contribution < 1.29 is 9.59 Å². The predicted octanol–water partition coefficient (Wildman–Crippen LogP) is 4.12. The van der Waals surface area contributed by atoms with Gasteiger partial charge in [0.15, 0.2) is 0 Å². The van der Waals surface area contributed by atoms with Crippen molar-refractivity contribution in [2.45, 2.75) is 53.1 Å². The van der Waals surface area contributed by atoms with Crippen LogP contribution in [0.3, 0.4) is 0 Å². The minimum Gasteiger partial charge on any atom is -0.376 e. The predicted molar refractivity (Wildman–Crippen MR) is 115 cm³/mol. The monoisotopic (exact) mass is 381 g/mol. The molecule has 5 nitrogen and oxygen atoms in total. The SMILES string of the molecule is Cc1ccc(C(C)NC(=O)CNc2ccc(C(=O)NC(C)(C)C)cc2)cc1C. The van der Waals surface area contributed by atoms with E-state index in [1.807, 2.05) is 33.8 Å². The third-order valence-corrected chi connectivity index (χ3v) is 4.50. The van der Waals surface area contributed by atoms with Gasteiger partial charge in [0.2, 0.25) is 5.91 Å². The average molecular weight is 382 g/mol. The Kier molecular flexibility index (Phi) is 6.84. The molecule has 0 saturated carbocycles. The Morgan fingerprint density at radius 2 is 1.61 bits per heavy atom. The van der Waals surface area contributed by atoms with Crippen molar-refractivity contribution in [3.63, 3.8) is 0 Å². The lowest BCUT2D eigenvalue weighted by Crippen LogP contribution is -2.40. The molecule has 1 atom stereocenters. The second kappa shape index (κ2) is 8.91. The maximum absolute atomic E-state index is 12.2. The number of rotatable bonds is 6. The van der Waals surface area contributed by atoms with E-state index in [1.54, 1.807) is 24.3 Å². The summed E-state index contributed by atoms with van der Waals surface area (Å²) in [5.74, 6) is -0.195. The van der Waals surface area contributed by atoms with Crippen molar-refractivity contribution in [2.24, 2.45) is 0 Å². The summed E-state index contributed by atoms with van der Waals surface area (Å²) in [4.78, 5) is 24.4. The number of anilines is 1. The quantitative estimate of drug-likeness (QED) is 0.705. The van der Waals surface area contributed by atoms with Crippen LogP contribution in [-0.2, 0) is 4.79 Å². The Morgan fingerprint density at radius 1 is 0.964 bits per heavy atom. The Bertz CT molecular complexity index is 836. The summed E-state index contributed by atoms with van der Waals surface area (Å²) in [5, 5.41) is 9.02. The molecule has 2 aromatic rings. The van der Waals surface area contributed by atoms with Crippen molar-refractivity contribution in [1.29, 1.82) is 0 Å². The molecule has 0 fully saturated rings. The van der Waals surface area contributed by atoms with Crippen LogP contribution >= 0.6 is 0 Å². The molecule has 3 N–H and O–H groups in total. The van der Waals surface area contributed by atoms with Gasteiger partial charge in [0, 0.05) is 16.8 Å². The van der Waals surface area contributed by atoms with Crippen molar-refractivity contribution in [1.82, 2.24) is 10.6 Å². The first-order chi connectivity index (χ1) is 13.0. The Morgan fingerprint density at radius 3 is 2.18 bits per heavy atom. The molecule has 0 aromatic heterocycles. The zero-order valence-electron chi connectivity index (χ0n) is 17.6.